The van der Waals surface area contributed by atoms with Crippen molar-refractivity contribution in [2.45, 2.75) is 149 Å². The Morgan fingerprint density at radius 3 is 1.77 bits per heavy atom. The van der Waals surface area contributed by atoms with Gasteiger partial charge in [-0.25, -0.2) is 22.9 Å². The zero-order chi connectivity index (χ0) is 31.6. The lowest BCUT2D eigenvalue weighted by atomic mass is 10.1. The summed E-state index contributed by atoms with van der Waals surface area (Å²) in [6.07, 6.45) is 19.7. The standard InChI is InChI=1S/C30H53N4O7PS/c1-4-6-8-10-12-14-15-17-19-21-23-43(40)34-27-26(28(35)33(30(34)37)42(38)39)32(29(36)31-27)24-25(3)41-22-20-18-16-13-11-9-7-5-2/h25H,4-24H2,1-3H3,(H,31,36). The number of ether oxygens (including phenoxy) is 1. The fourth-order valence-electron chi connectivity index (χ4n) is 5.33. The summed E-state index contributed by atoms with van der Waals surface area (Å²) in [4.78, 5) is 41.5. The van der Waals surface area contributed by atoms with E-state index in [1.807, 2.05) is 0 Å². The van der Waals surface area contributed by atoms with Gasteiger partial charge in [-0.05, 0) is 19.8 Å². The lowest BCUT2D eigenvalue weighted by Gasteiger charge is -2.14. The fourth-order valence-corrected chi connectivity index (χ4v) is 7.09. The van der Waals surface area contributed by atoms with Crippen molar-refractivity contribution < 1.29 is 18.1 Å². The summed E-state index contributed by atoms with van der Waals surface area (Å²) in [7, 11) is -5.62. The Morgan fingerprint density at radius 2 is 1.26 bits per heavy atom. The number of imidazole rings is 1. The van der Waals surface area contributed by atoms with Crippen LogP contribution in [0.5, 0.6) is 0 Å². The lowest BCUT2D eigenvalue weighted by molar-refractivity contribution is 0.0518. The minimum Gasteiger partial charge on any atom is -0.377 e. The third kappa shape index (κ3) is 12.1. The van der Waals surface area contributed by atoms with Crippen LogP contribution in [0.25, 0.3) is 11.2 Å². The molecule has 0 amide bonds. The van der Waals surface area contributed by atoms with E-state index in [4.69, 9.17) is 4.74 Å². The molecule has 11 nitrogen and oxygen atoms in total. The van der Waals surface area contributed by atoms with Gasteiger partial charge in [0, 0.05) is 12.4 Å². The maximum atomic E-state index is 13.3. The molecule has 2 unspecified atom stereocenters. The first-order valence-corrected chi connectivity index (χ1v) is 18.8. The molecule has 2 atom stereocenters. The highest BCUT2D eigenvalue weighted by Crippen LogP contribution is 2.14. The monoisotopic (exact) mass is 644 g/mol. The van der Waals surface area contributed by atoms with E-state index in [9.17, 15) is 27.7 Å². The minimum absolute atomic E-state index is 0.0238. The van der Waals surface area contributed by atoms with Crippen molar-refractivity contribution in [2.75, 3.05) is 12.4 Å². The largest absolute Gasteiger partial charge is 0.438 e. The molecule has 0 aliphatic rings. The van der Waals surface area contributed by atoms with Gasteiger partial charge in [-0.1, -0.05) is 117 Å². The molecule has 0 spiro atoms. The van der Waals surface area contributed by atoms with Gasteiger partial charge in [0.25, 0.3) is 5.56 Å². The molecule has 0 aliphatic heterocycles. The molecule has 0 aromatic carbocycles. The third-order valence-electron chi connectivity index (χ3n) is 7.80. The quantitative estimate of drug-likeness (QED) is 0.0952. The molecular formula is C30H53N4O7PS. The summed E-state index contributed by atoms with van der Waals surface area (Å²) in [5, 5.41) is 0. The molecule has 2 aromatic heterocycles. The Hall–Kier alpha value is -2.04. The molecule has 246 valence electrons. The average molecular weight is 645 g/mol. The number of H-pyrrole nitrogens is 1. The van der Waals surface area contributed by atoms with Crippen LogP contribution in [0.3, 0.4) is 0 Å². The maximum absolute atomic E-state index is 13.3. The SMILES string of the molecule is CCCCCCCCCCCCS(=O)n1c(=O)n(P(=O)=O)c(=O)c2c1[nH]c(=O)n2CC(C)OCCCCCCCCCC. The van der Waals surface area contributed by atoms with Crippen molar-refractivity contribution in [3.05, 3.63) is 31.3 Å². The lowest BCUT2D eigenvalue weighted by Crippen LogP contribution is -2.39. The van der Waals surface area contributed by atoms with Gasteiger partial charge < -0.3 is 4.74 Å². The highest BCUT2D eigenvalue weighted by atomic mass is 32.2. The van der Waals surface area contributed by atoms with Crippen LogP contribution in [0.4, 0.5) is 0 Å². The first-order valence-electron chi connectivity index (χ1n) is 16.4. The Labute approximate surface area is 258 Å². The van der Waals surface area contributed by atoms with Gasteiger partial charge >= 0.3 is 19.2 Å². The number of fused-ring (bicyclic) bond motifs is 1. The number of hydrogen-bond donors (Lipinski definition) is 1. The van der Waals surface area contributed by atoms with E-state index in [-0.39, 0.29) is 27.8 Å². The van der Waals surface area contributed by atoms with E-state index in [2.05, 4.69) is 18.8 Å². The Balaban J connectivity index is 2.04. The molecule has 1 N–H and O–H groups in total. The van der Waals surface area contributed by atoms with E-state index in [0.29, 0.717) is 13.0 Å². The van der Waals surface area contributed by atoms with Crippen LogP contribution in [-0.2, 0) is 31.4 Å². The van der Waals surface area contributed by atoms with Gasteiger partial charge in [-0.2, -0.15) is 3.97 Å². The highest BCUT2D eigenvalue weighted by molar-refractivity contribution is 7.83. The number of unbranched alkanes of at least 4 members (excludes halogenated alkanes) is 16. The molecule has 0 radical (unpaired) electrons. The van der Waals surface area contributed by atoms with Crippen LogP contribution < -0.4 is 16.9 Å². The molecule has 0 bridgehead atoms. The van der Waals surface area contributed by atoms with Crippen molar-refractivity contribution in [1.29, 1.82) is 0 Å². The van der Waals surface area contributed by atoms with E-state index in [1.54, 1.807) is 6.92 Å². The number of hydrogen-bond acceptors (Lipinski definition) is 7. The minimum atomic E-state index is -3.65. The summed E-state index contributed by atoms with van der Waals surface area (Å²) in [5.74, 6) is 0.102. The zero-order valence-electron chi connectivity index (χ0n) is 26.5. The molecule has 43 heavy (non-hydrogen) atoms. The van der Waals surface area contributed by atoms with E-state index in [1.165, 1.54) is 64.2 Å². The van der Waals surface area contributed by atoms with Crippen molar-refractivity contribution >= 4 is 30.0 Å². The highest BCUT2D eigenvalue weighted by Gasteiger charge is 2.25. The number of nitrogens with zero attached hydrogens (tertiary/aromatic N) is 3. The number of aromatic nitrogens is 4. The molecule has 0 saturated heterocycles. The normalized spacial score (nSPS) is 13.1. The second-order valence-corrected chi connectivity index (χ2v) is 13.8. The van der Waals surface area contributed by atoms with Gasteiger partial charge in [0.15, 0.2) is 11.2 Å². The van der Waals surface area contributed by atoms with Crippen molar-refractivity contribution in [3.63, 3.8) is 0 Å². The maximum Gasteiger partial charge on any atom is 0.438 e. The van der Waals surface area contributed by atoms with Crippen LogP contribution in [0, 0.1) is 0 Å². The second-order valence-electron chi connectivity index (χ2n) is 11.5. The predicted octanol–water partition coefficient (Wildman–Crippen LogP) is 6.57. The third-order valence-corrected chi connectivity index (χ3v) is 9.86. The van der Waals surface area contributed by atoms with Gasteiger partial charge in [0.2, 0.25) is 0 Å². The number of rotatable bonds is 25. The topological polar surface area (TPSA) is 142 Å². The Kier molecular flexibility index (Phi) is 18.0. The van der Waals surface area contributed by atoms with Gasteiger partial charge in [-0.3, -0.25) is 14.3 Å². The van der Waals surface area contributed by atoms with Gasteiger partial charge in [0.1, 0.15) is 11.0 Å². The van der Waals surface area contributed by atoms with Crippen molar-refractivity contribution in [3.8, 4) is 0 Å². The van der Waals surface area contributed by atoms with Crippen LogP contribution in [0.2, 0.25) is 0 Å². The summed E-state index contributed by atoms with van der Waals surface area (Å²) in [6, 6.07) is 0. The van der Waals surface area contributed by atoms with E-state index >= 15 is 0 Å². The van der Waals surface area contributed by atoms with E-state index in [0.717, 1.165) is 53.5 Å². The van der Waals surface area contributed by atoms with E-state index < -0.39 is 41.9 Å². The fraction of sp³-hybridized carbons (Fsp3) is 0.833. The first kappa shape index (κ1) is 37.1. The Bertz CT molecular complexity index is 1370. The molecule has 0 aliphatic carbocycles. The molecule has 2 aromatic rings. The zero-order valence-corrected chi connectivity index (χ0v) is 28.2. The summed E-state index contributed by atoms with van der Waals surface area (Å²) in [5.41, 5.74) is -3.61. The molecule has 2 heterocycles. The number of aromatic amines is 1. The first-order chi connectivity index (χ1) is 20.7. The molecular weight excluding hydrogens is 591 g/mol. The molecule has 13 heteroatoms. The summed E-state index contributed by atoms with van der Waals surface area (Å²) < 4.78 is 44.8. The molecule has 2 rings (SSSR count). The van der Waals surface area contributed by atoms with Gasteiger partial charge in [-0.15, -0.1) is 4.34 Å². The summed E-state index contributed by atoms with van der Waals surface area (Å²) in [6.45, 7) is 6.63. The predicted molar refractivity (Wildman–Crippen MR) is 173 cm³/mol. The average Bonchev–Trinajstić information content (AvgIpc) is 3.28. The molecule has 0 saturated carbocycles. The van der Waals surface area contributed by atoms with Crippen LogP contribution >= 0.6 is 7.83 Å². The van der Waals surface area contributed by atoms with Crippen molar-refractivity contribution in [2.24, 2.45) is 0 Å². The van der Waals surface area contributed by atoms with Crippen LogP contribution in [0.1, 0.15) is 136 Å². The number of nitrogens with one attached hydrogen (secondary N) is 1. The molecule has 0 fully saturated rings. The second kappa shape index (κ2) is 20.8. The van der Waals surface area contributed by atoms with Crippen molar-refractivity contribution in [1.82, 2.24) is 17.9 Å². The smallest absolute Gasteiger partial charge is 0.377 e. The van der Waals surface area contributed by atoms with Crippen LogP contribution in [0.15, 0.2) is 14.4 Å². The van der Waals surface area contributed by atoms with Gasteiger partial charge in [0.05, 0.1) is 12.6 Å². The summed E-state index contributed by atoms with van der Waals surface area (Å²) >= 11 is 0. The Morgan fingerprint density at radius 1 is 0.767 bits per heavy atom. The van der Waals surface area contributed by atoms with Crippen LogP contribution in [-0.4, -0.2) is 40.5 Å².